The molecule has 1 aliphatic heterocycles. The van der Waals surface area contributed by atoms with Gasteiger partial charge in [0.2, 0.25) is 5.91 Å². The molecule has 25 heavy (non-hydrogen) atoms. The summed E-state index contributed by atoms with van der Waals surface area (Å²) in [5.74, 6) is 0.0479. The van der Waals surface area contributed by atoms with Crippen LogP contribution in [0.1, 0.15) is 23.6 Å². The highest BCUT2D eigenvalue weighted by molar-refractivity contribution is 5.75. The standard InChI is InChI=1S/C21H26N2O2/c1-22(2)20(25)13-18-14-23(15-19(18)24)21(16-9-5-3-6-10-16)17-11-7-4-8-12-17/h3-12,18-19,21,24H,13-15H2,1-2H3/t18-,19-/m1/s1. The van der Waals surface area contributed by atoms with Gasteiger partial charge in [0, 0.05) is 39.5 Å². The Labute approximate surface area is 149 Å². The summed E-state index contributed by atoms with van der Waals surface area (Å²) in [5.41, 5.74) is 2.42. The highest BCUT2D eigenvalue weighted by atomic mass is 16.3. The molecule has 0 radical (unpaired) electrons. The first-order chi connectivity index (χ1) is 12.1. The minimum atomic E-state index is -0.473. The van der Waals surface area contributed by atoms with E-state index in [1.54, 1.807) is 19.0 Å². The third-order valence-electron chi connectivity index (χ3n) is 4.97. The molecule has 1 aliphatic rings. The van der Waals surface area contributed by atoms with E-state index in [-0.39, 0.29) is 17.9 Å². The second kappa shape index (κ2) is 7.81. The molecule has 0 spiro atoms. The Balaban J connectivity index is 1.84. The first-order valence-corrected chi connectivity index (χ1v) is 8.78. The van der Waals surface area contributed by atoms with Gasteiger partial charge in [0.25, 0.3) is 0 Å². The molecule has 0 bridgehead atoms. The van der Waals surface area contributed by atoms with E-state index >= 15 is 0 Å². The monoisotopic (exact) mass is 338 g/mol. The third kappa shape index (κ3) is 4.09. The Kier molecular flexibility index (Phi) is 5.51. The van der Waals surface area contributed by atoms with Gasteiger partial charge in [-0.15, -0.1) is 0 Å². The van der Waals surface area contributed by atoms with Crippen molar-refractivity contribution < 1.29 is 9.90 Å². The molecule has 132 valence electrons. The maximum Gasteiger partial charge on any atom is 0.222 e. The zero-order valence-electron chi connectivity index (χ0n) is 14.9. The number of amides is 1. The smallest absolute Gasteiger partial charge is 0.222 e. The number of rotatable bonds is 5. The molecule has 2 aromatic rings. The number of hydrogen-bond donors (Lipinski definition) is 1. The quantitative estimate of drug-likeness (QED) is 0.911. The number of benzene rings is 2. The lowest BCUT2D eigenvalue weighted by Crippen LogP contribution is -2.29. The second-order valence-electron chi connectivity index (χ2n) is 7.00. The van der Waals surface area contributed by atoms with Crippen LogP contribution in [0, 0.1) is 5.92 Å². The Bertz CT molecular complexity index is 648. The molecule has 1 N–H and O–H groups in total. The molecular weight excluding hydrogens is 312 g/mol. The maximum atomic E-state index is 12.1. The van der Waals surface area contributed by atoms with E-state index in [0.717, 1.165) is 6.54 Å². The molecule has 1 fully saturated rings. The van der Waals surface area contributed by atoms with Crippen LogP contribution in [-0.2, 0) is 4.79 Å². The summed E-state index contributed by atoms with van der Waals surface area (Å²) in [4.78, 5) is 16.0. The molecule has 1 amide bonds. The Morgan fingerprint density at radius 1 is 1.04 bits per heavy atom. The van der Waals surface area contributed by atoms with Gasteiger partial charge in [-0.05, 0) is 11.1 Å². The number of hydrogen-bond acceptors (Lipinski definition) is 3. The van der Waals surface area contributed by atoms with E-state index in [2.05, 4.69) is 29.2 Å². The zero-order valence-corrected chi connectivity index (χ0v) is 14.9. The van der Waals surface area contributed by atoms with Crippen LogP contribution >= 0.6 is 0 Å². The average Bonchev–Trinajstić information content (AvgIpc) is 2.97. The van der Waals surface area contributed by atoms with E-state index in [4.69, 9.17) is 0 Å². The van der Waals surface area contributed by atoms with Crippen molar-refractivity contribution in [3.63, 3.8) is 0 Å². The fourth-order valence-electron chi connectivity index (χ4n) is 3.59. The van der Waals surface area contributed by atoms with Crippen LogP contribution in [0.5, 0.6) is 0 Å². The number of aliphatic hydroxyl groups is 1. The van der Waals surface area contributed by atoms with E-state index in [9.17, 15) is 9.90 Å². The summed E-state index contributed by atoms with van der Waals surface area (Å²) >= 11 is 0. The van der Waals surface area contributed by atoms with Gasteiger partial charge in [0.1, 0.15) is 0 Å². The van der Waals surface area contributed by atoms with E-state index in [1.165, 1.54) is 11.1 Å². The molecule has 1 saturated heterocycles. The molecule has 0 unspecified atom stereocenters. The average molecular weight is 338 g/mol. The van der Waals surface area contributed by atoms with Gasteiger partial charge in [-0.25, -0.2) is 0 Å². The Hall–Kier alpha value is -2.17. The molecule has 3 rings (SSSR count). The third-order valence-corrected chi connectivity index (χ3v) is 4.97. The number of likely N-dealkylation sites (tertiary alicyclic amines) is 1. The molecule has 0 aromatic heterocycles. The second-order valence-corrected chi connectivity index (χ2v) is 7.00. The van der Waals surface area contributed by atoms with Crippen LogP contribution < -0.4 is 0 Å². The highest BCUT2D eigenvalue weighted by Gasteiger charge is 2.37. The predicted octanol–water partition coefficient (Wildman–Crippen LogP) is 2.55. The predicted molar refractivity (Wildman–Crippen MR) is 99.1 cm³/mol. The zero-order chi connectivity index (χ0) is 17.8. The van der Waals surface area contributed by atoms with E-state index < -0.39 is 6.10 Å². The number of carbonyl (C=O) groups excluding carboxylic acids is 1. The molecule has 0 aliphatic carbocycles. The number of carbonyl (C=O) groups is 1. The summed E-state index contributed by atoms with van der Waals surface area (Å²) in [7, 11) is 3.52. The van der Waals surface area contributed by atoms with E-state index in [0.29, 0.717) is 13.0 Å². The first-order valence-electron chi connectivity index (χ1n) is 8.78. The lowest BCUT2D eigenvalue weighted by atomic mass is 9.97. The molecule has 1 heterocycles. The van der Waals surface area contributed by atoms with Crippen molar-refractivity contribution in [3.8, 4) is 0 Å². The number of nitrogens with zero attached hydrogens (tertiary/aromatic N) is 2. The van der Waals surface area contributed by atoms with Gasteiger partial charge in [0.15, 0.2) is 0 Å². The maximum absolute atomic E-state index is 12.1. The van der Waals surface area contributed by atoms with E-state index in [1.807, 2.05) is 36.4 Å². The minimum absolute atomic E-state index is 0.0233. The van der Waals surface area contributed by atoms with Crippen molar-refractivity contribution in [1.82, 2.24) is 9.80 Å². The lowest BCUT2D eigenvalue weighted by Gasteiger charge is -2.29. The molecule has 0 saturated carbocycles. The van der Waals surface area contributed by atoms with Crippen molar-refractivity contribution in [3.05, 3.63) is 71.8 Å². The molecule has 2 atom stereocenters. The summed E-state index contributed by atoms with van der Waals surface area (Å²) in [6, 6.07) is 20.8. The van der Waals surface area contributed by atoms with Crippen LogP contribution in [-0.4, -0.2) is 54.1 Å². The van der Waals surface area contributed by atoms with Gasteiger partial charge in [-0.2, -0.15) is 0 Å². The molecule has 4 nitrogen and oxygen atoms in total. The summed E-state index contributed by atoms with van der Waals surface area (Å²) < 4.78 is 0. The SMILES string of the molecule is CN(C)C(=O)C[C@@H]1CN(C(c2ccccc2)c2ccccc2)C[C@H]1O. The Morgan fingerprint density at radius 2 is 1.56 bits per heavy atom. The molecule has 4 heteroatoms. The van der Waals surface area contributed by atoms with Gasteiger partial charge in [-0.3, -0.25) is 9.69 Å². The number of aliphatic hydroxyl groups excluding tert-OH is 1. The largest absolute Gasteiger partial charge is 0.391 e. The van der Waals surface area contributed by atoms with Crippen molar-refractivity contribution in [2.45, 2.75) is 18.6 Å². The van der Waals surface area contributed by atoms with Gasteiger partial charge >= 0.3 is 0 Å². The minimum Gasteiger partial charge on any atom is -0.391 e. The van der Waals surface area contributed by atoms with Gasteiger partial charge < -0.3 is 10.0 Å². The van der Waals surface area contributed by atoms with Crippen LogP contribution in [0.25, 0.3) is 0 Å². The fraction of sp³-hybridized carbons (Fsp3) is 0.381. The summed E-state index contributed by atoms with van der Waals surface area (Å²) in [5, 5.41) is 10.5. The summed E-state index contributed by atoms with van der Waals surface area (Å²) in [6.07, 6.45) is -0.0835. The molecular formula is C21H26N2O2. The fourth-order valence-corrected chi connectivity index (χ4v) is 3.59. The van der Waals surface area contributed by atoms with Gasteiger partial charge in [-0.1, -0.05) is 60.7 Å². The van der Waals surface area contributed by atoms with Crippen LogP contribution in [0.4, 0.5) is 0 Å². The first kappa shape index (κ1) is 17.6. The van der Waals surface area contributed by atoms with Gasteiger partial charge in [0.05, 0.1) is 12.1 Å². The topological polar surface area (TPSA) is 43.8 Å². The van der Waals surface area contributed by atoms with Crippen molar-refractivity contribution in [2.75, 3.05) is 27.2 Å². The van der Waals surface area contributed by atoms with Crippen molar-refractivity contribution in [1.29, 1.82) is 0 Å². The number of β-amino-alcohol motifs (C(OH)–C–C–N with tert-alkyl or cyclic N) is 1. The summed E-state index contributed by atoms with van der Waals surface area (Å²) in [6.45, 7) is 1.30. The van der Waals surface area contributed by atoms with Crippen molar-refractivity contribution in [2.24, 2.45) is 5.92 Å². The lowest BCUT2D eigenvalue weighted by molar-refractivity contribution is -0.130. The Morgan fingerprint density at radius 3 is 2.04 bits per heavy atom. The van der Waals surface area contributed by atoms with Crippen LogP contribution in [0.3, 0.4) is 0 Å². The van der Waals surface area contributed by atoms with Crippen LogP contribution in [0.15, 0.2) is 60.7 Å². The highest BCUT2D eigenvalue weighted by Crippen LogP contribution is 2.34. The molecule has 2 aromatic carbocycles. The van der Waals surface area contributed by atoms with Crippen LogP contribution in [0.2, 0.25) is 0 Å². The van der Waals surface area contributed by atoms with Crippen molar-refractivity contribution >= 4 is 5.91 Å². The normalized spacial score (nSPS) is 20.8.